The summed E-state index contributed by atoms with van der Waals surface area (Å²) in [4.78, 5) is 10.5. The van der Waals surface area contributed by atoms with Crippen molar-refractivity contribution in [2.45, 2.75) is 51.2 Å². The summed E-state index contributed by atoms with van der Waals surface area (Å²) >= 11 is 0. The van der Waals surface area contributed by atoms with Gasteiger partial charge in [0.25, 0.3) is 0 Å². The highest BCUT2D eigenvalue weighted by Gasteiger charge is 2.45. The van der Waals surface area contributed by atoms with Crippen LogP contribution in [0, 0.1) is 11.8 Å². The van der Waals surface area contributed by atoms with Gasteiger partial charge < -0.3 is 19.9 Å². The van der Waals surface area contributed by atoms with E-state index in [9.17, 15) is 4.79 Å². The summed E-state index contributed by atoms with van der Waals surface area (Å²) in [6, 6.07) is 0. The lowest BCUT2D eigenvalue weighted by atomic mass is 9.68. The van der Waals surface area contributed by atoms with E-state index in [1.165, 1.54) is 0 Å². The first-order chi connectivity index (χ1) is 9.10. The van der Waals surface area contributed by atoms with E-state index in [-0.39, 0.29) is 11.2 Å². The minimum atomic E-state index is -0.700. The van der Waals surface area contributed by atoms with Crippen molar-refractivity contribution in [3.05, 3.63) is 6.42 Å². The van der Waals surface area contributed by atoms with Gasteiger partial charge in [-0.3, -0.25) is 0 Å². The number of rotatable bonds is 5. The zero-order chi connectivity index (χ0) is 13.8. The molecule has 1 aliphatic heterocycles. The molecule has 0 aromatic heterocycles. The van der Waals surface area contributed by atoms with Gasteiger partial charge in [-0.05, 0) is 31.1 Å². The molecule has 2 rings (SSSR count). The molecule has 1 amide bonds. The van der Waals surface area contributed by atoms with E-state index in [1.807, 2.05) is 0 Å². The van der Waals surface area contributed by atoms with Gasteiger partial charge in [0.15, 0.2) is 5.79 Å². The van der Waals surface area contributed by atoms with Crippen molar-refractivity contribution in [2.24, 2.45) is 11.1 Å². The van der Waals surface area contributed by atoms with Gasteiger partial charge in [0.05, 0.1) is 19.8 Å². The van der Waals surface area contributed by atoms with Crippen molar-refractivity contribution < 1.29 is 19.0 Å². The van der Waals surface area contributed by atoms with Gasteiger partial charge in [0.1, 0.15) is 0 Å². The molecule has 5 nitrogen and oxygen atoms in total. The molecule has 1 heterocycles. The monoisotopic (exact) mass is 270 g/mol. The summed E-state index contributed by atoms with van der Waals surface area (Å²) in [6.45, 7) is 4.01. The van der Waals surface area contributed by atoms with Crippen molar-refractivity contribution in [1.82, 2.24) is 0 Å². The zero-order valence-corrected chi connectivity index (χ0v) is 11.7. The Balaban J connectivity index is 1.78. The fourth-order valence-corrected chi connectivity index (χ4v) is 3.14. The first-order valence-electron chi connectivity index (χ1n) is 7.14. The maximum Gasteiger partial charge on any atom is 0.404 e. The van der Waals surface area contributed by atoms with Crippen LogP contribution in [-0.4, -0.2) is 31.7 Å². The predicted octanol–water partition coefficient (Wildman–Crippen LogP) is 2.39. The summed E-state index contributed by atoms with van der Waals surface area (Å²) in [6.07, 6.45) is 7.49. The molecule has 5 heteroatoms. The fraction of sp³-hybridized carbons (Fsp3) is 0.857. The van der Waals surface area contributed by atoms with Crippen LogP contribution in [0.15, 0.2) is 0 Å². The Kier molecular flexibility index (Phi) is 4.68. The molecule has 1 saturated carbocycles. The van der Waals surface area contributed by atoms with Gasteiger partial charge in [0.2, 0.25) is 0 Å². The van der Waals surface area contributed by atoms with Gasteiger partial charge in [-0.25, -0.2) is 4.79 Å². The Hall–Kier alpha value is -0.810. The van der Waals surface area contributed by atoms with E-state index in [0.29, 0.717) is 6.61 Å². The highest BCUT2D eigenvalue weighted by molar-refractivity contribution is 5.64. The predicted molar refractivity (Wildman–Crippen MR) is 70.3 cm³/mol. The number of carbonyl (C=O) groups is 1. The van der Waals surface area contributed by atoms with Gasteiger partial charge >= 0.3 is 6.09 Å². The highest BCUT2D eigenvalue weighted by atomic mass is 16.7. The molecule has 0 bridgehead atoms. The molecule has 1 aliphatic carbocycles. The maximum absolute atomic E-state index is 10.5. The Morgan fingerprint density at radius 3 is 2.42 bits per heavy atom. The molecule has 2 fully saturated rings. The molecule has 0 atom stereocenters. The Labute approximate surface area is 114 Å². The smallest absolute Gasteiger partial charge is 0.404 e. The molecule has 0 aromatic carbocycles. The SMILES string of the molecule is CCC1([CH]CCOC(N)=O)CCC2(CC1)OCCO2. The van der Waals surface area contributed by atoms with Crippen LogP contribution < -0.4 is 5.73 Å². The van der Waals surface area contributed by atoms with Crippen LogP contribution in [-0.2, 0) is 14.2 Å². The fourth-order valence-electron chi connectivity index (χ4n) is 3.14. The number of carbonyl (C=O) groups excluding carboxylic acids is 1. The van der Waals surface area contributed by atoms with E-state index in [4.69, 9.17) is 19.9 Å². The Morgan fingerprint density at radius 2 is 1.89 bits per heavy atom. The number of hydrogen-bond acceptors (Lipinski definition) is 4. The second-order valence-corrected chi connectivity index (χ2v) is 5.48. The minimum Gasteiger partial charge on any atom is -0.450 e. The number of hydrogen-bond donors (Lipinski definition) is 1. The molecule has 1 saturated heterocycles. The Morgan fingerprint density at radius 1 is 1.26 bits per heavy atom. The number of nitrogens with two attached hydrogens (primary N) is 1. The van der Waals surface area contributed by atoms with E-state index in [0.717, 1.165) is 51.7 Å². The summed E-state index contributed by atoms with van der Waals surface area (Å²) in [5.41, 5.74) is 5.17. The number of amides is 1. The van der Waals surface area contributed by atoms with Crippen LogP contribution in [0.5, 0.6) is 0 Å². The van der Waals surface area contributed by atoms with Crippen molar-refractivity contribution in [3.8, 4) is 0 Å². The molecule has 19 heavy (non-hydrogen) atoms. The van der Waals surface area contributed by atoms with Gasteiger partial charge in [0, 0.05) is 12.8 Å². The van der Waals surface area contributed by atoms with Gasteiger partial charge in [-0.1, -0.05) is 13.3 Å². The molecule has 109 valence electrons. The van der Waals surface area contributed by atoms with Crippen molar-refractivity contribution in [1.29, 1.82) is 0 Å². The van der Waals surface area contributed by atoms with E-state index >= 15 is 0 Å². The van der Waals surface area contributed by atoms with Crippen LogP contribution in [0.4, 0.5) is 4.79 Å². The standard InChI is InChI=1S/C14H24NO4/c1-2-13(4-3-9-17-12(15)16)5-7-14(8-6-13)18-10-11-19-14/h4H,2-3,5-11H2,1H3,(H2,15,16). The van der Waals surface area contributed by atoms with Crippen molar-refractivity contribution >= 4 is 6.09 Å². The second-order valence-electron chi connectivity index (χ2n) is 5.48. The minimum absolute atomic E-state index is 0.224. The molecule has 0 unspecified atom stereocenters. The highest BCUT2D eigenvalue weighted by Crippen LogP contribution is 2.48. The lowest BCUT2D eigenvalue weighted by Gasteiger charge is -2.43. The summed E-state index contributed by atoms with van der Waals surface area (Å²) < 4.78 is 16.3. The first-order valence-corrected chi connectivity index (χ1v) is 7.14. The van der Waals surface area contributed by atoms with Crippen LogP contribution in [0.1, 0.15) is 45.4 Å². The molecule has 2 aliphatic rings. The zero-order valence-electron chi connectivity index (χ0n) is 11.7. The molecule has 0 aromatic rings. The normalized spacial score (nSPS) is 24.5. The average Bonchev–Trinajstić information content (AvgIpc) is 2.86. The third-order valence-corrected chi connectivity index (χ3v) is 4.46. The van der Waals surface area contributed by atoms with Crippen LogP contribution in [0.25, 0.3) is 0 Å². The Bertz CT molecular complexity index is 303. The number of ether oxygens (including phenoxy) is 3. The molecule has 2 N–H and O–H groups in total. The van der Waals surface area contributed by atoms with Crippen molar-refractivity contribution in [3.63, 3.8) is 0 Å². The van der Waals surface area contributed by atoms with E-state index in [2.05, 4.69) is 13.3 Å². The van der Waals surface area contributed by atoms with Gasteiger partial charge in [-0.15, -0.1) is 0 Å². The summed E-state index contributed by atoms with van der Waals surface area (Å²) in [5, 5.41) is 0. The van der Waals surface area contributed by atoms with Crippen LogP contribution in [0.3, 0.4) is 0 Å². The van der Waals surface area contributed by atoms with Crippen molar-refractivity contribution in [2.75, 3.05) is 19.8 Å². The topological polar surface area (TPSA) is 70.8 Å². The molecular weight excluding hydrogens is 246 g/mol. The molecule has 1 radical (unpaired) electrons. The summed E-state index contributed by atoms with van der Waals surface area (Å²) in [5.74, 6) is -0.309. The summed E-state index contributed by atoms with van der Waals surface area (Å²) in [7, 11) is 0. The van der Waals surface area contributed by atoms with Crippen LogP contribution >= 0.6 is 0 Å². The van der Waals surface area contributed by atoms with E-state index in [1.54, 1.807) is 0 Å². The average molecular weight is 270 g/mol. The van der Waals surface area contributed by atoms with Gasteiger partial charge in [-0.2, -0.15) is 0 Å². The molecule has 1 spiro atoms. The lowest BCUT2D eigenvalue weighted by molar-refractivity contribution is -0.189. The largest absolute Gasteiger partial charge is 0.450 e. The second kappa shape index (κ2) is 6.09. The van der Waals surface area contributed by atoms with E-state index < -0.39 is 6.09 Å². The van der Waals surface area contributed by atoms with Crippen LogP contribution in [0.2, 0.25) is 0 Å². The third-order valence-electron chi connectivity index (χ3n) is 4.46. The maximum atomic E-state index is 10.5. The molecular formula is C14H24NO4. The number of primary amides is 1. The third kappa shape index (κ3) is 3.60. The first kappa shape index (κ1) is 14.6. The lowest BCUT2D eigenvalue weighted by Crippen LogP contribution is -2.40. The quantitative estimate of drug-likeness (QED) is 0.779.